The van der Waals surface area contributed by atoms with Crippen molar-refractivity contribution in [1.82, 2.24) is 19.6 Å². The Balaban J connectivity index is 1.87. The lowest BCUT2D eigenvalue weighted by molar-refractivity contribution is 0.440. The number of aromatic nitrogens is 4. The molecule has 2 aromatic heterocycles. The first kappa shape index (κ1) is 10.3. The number of hydrogen-bond donors (Lipinski definition) is 2. The monoisotopic (exact) mass is 232 g/mol. The lowest BCUT2D eigenvalue weighted by Crippen LogP contribution is -2.29. The van der Waals surface area contributed by atoms with E-state index in [0.29, 0.717) is 17.4 Å². The third-order valence-electron chi connectivity index (χ3n) is 3.29. The molecule has 1 aliphatic rings. The van der Waals surface area contributed by atoms with Crippen molar-refractivity contribution in [1.29, 1.82) is 0 Å². The van der Waals surface area contributed by atoms with Crippen LogP contribution < -0.4 is 11.2 Å². The Morgan fingerprint density at radius 2 is 2.00 bits per heavy atom. The van der Waals surface area contributed by atoms with Gasteiger partial charge in [0.25, 0.3) is 0 Å². The maximum atomic E-state index is 5.75. The Labute approximate surface area is 99.2 Å². The van der Waals surface area contributed by atoms with Crippen LogP contribution in [0.1, 0.15) is 32.1 Å². The van der Waals surface area contributed by atoms with Gasteiger partial charge in [0.05, 0.1) is 0 Å². The summed E-state index contributed by atoms with van der Waals surface area (Å²) in [6.07, 6.45) is 9.55. The minimum Gasteiger partial charge on any atom is -0.382 e. The number of nitrogens with two attached hydrogens (primary N) is 1. The van der Waals surface area contributed by atoms with Crippen molar-refractivity contribution in [2.24, 2.45) is 0 Å². The van der Waals surface area contributed by atoms with Crippen LogP contribution in [-0.4, -0.2) is 25.7 Å². The molecular weight excluding hydrogens is 216 g/mol. The highest BCUT2D eigenvalue weighted by molar-refractivity contribution is 5.81. The molecule has 1 saturated carbocycles. The summed E-state index contributed by atoms with van der Waals surface area (Å²) < 4.78 is 1.86. The number of anilines is 1. The van der Waals surface area contributed by atoms with Crippen molar-refractivity contribution in [3.63, 3.8) is 0 Å². The molecule has 0 aliphatic heterocycles. The summed E-state index contributed by atoms with van der Waals surface area (Å²) in [6.45, 7) is 0. The number of imidazole rings is 1. The van der Waals surface area contributed by atoms with Crippen molar-refractivity contribution >= 4 is 17.0 Å². The Hall–Kier alpha value is -1.85. The summed E-state index contributed by atoms with van der Waals surface area (Å²) in [7, 11) is 0. The van der Waals surface area contributed by atoms with Gasteiger partial charge in [0.2, 0.25) is 0 Å². The molecule has 0 amide bonds. The van der Waals surface area contributed by atoms with E-state index in [1.165, 1.54) is 38.4 Å². The fourth-order valence-electron chi connectivity index (χ4n) is 2.38. The highest BCUT2D eigenvalue weighted by Crippen LogP contribution is 2.19. The van der Waals surface area contributed by atoms with Crippen LogP contribution in [0.2, 0.25) is 0 Å². The maximum Gasteiger partial charge on any atom is 0.184 e. The molecule has 2 heterocycles. The molecule has 1 aliphatic carbocycles. The van der Waals surface area contributed by atoms with Crippen molar-refractivity contribution in [3.05, 3.63) is 12.7 Å². The summed E-state index contributed by atoms with van der Waals surface area (Å²) >= 11 is 0. The second-order valence-electron chi connectivity index (χ2n) is 4.51. The summed E-state index contributed by atoms with van der Waals surface area (Å²) in [6, 6.07) is 0.511. The summed E-state index contributed by atoms with van der Waals surface area (Å²) in [5.74, 6) is 0.430. The van der Waals surface area contributed by atoms with Gasteiger partial charge in [0.1, 0.15) is 12.7 Å². The van der Waals surface area contributed by atoms with Gasteiger partial charge in [-0.05, 0) is 12.8 Å². The quantitative estimate of drug-likeness (QED) is 0.815. The van der Waals surface area contributed by atoms with Crippen LogP contribution in [0.5, 0.6) is 0 Å². The Morgan fingerprint density at radius 1 is 1.18 bits per heavy atom. The minimum atomic E-state index is 0.430. The van der Waals surface area contributed by atoms with E-state index in [2.05, 4.69) is 20.4 Å². The number of nitrogens with zero attached hydrogens (tertiary/aromatic N) is 4. The SMILES string of the molecule is Nc1ncnc2c1ncn2NC1CCCCC1. The van der Waals surface area contributed by atoms with Crippen LogP contribution in [-0.2, 0) is 0 Å². The summed E-state index contributed by atoms with van der Waals surface area (Å²) in [4.78, 5) is 12.4. The van der Waals surface area contributed by atoms with E-state index in [-0.39, 0.29) is 0 Å². The second kappa shape index (κ2) is 4.20. The molecule has 2 aromatic rings. The molecule has 1 fully saturated rings. The van der Waals surface area contributed by atoms with E-state index in [0.717, 1.165) is 5.65 Å². The predicted molar refractivity (Wildman–Crippen MR) is 66.0 cm³/mol. The Morgan fingerprint density at radius 3 is 2.82 bits per heavy atom. The fourth-order valence-corrected chi connectivity index (χ4v) is 2.38. The molecule has 17 heavy (non-hydrogen) atoms. The molecule has 6 nitrogen and oxygen atoms in total. The van der Waals surface area contributed by atoms with E-state index >= 15 is 0 Å². The van der Waals surface area contributed by atoms with Gasteiger partial charge in [-0.1, -0.05) is 19.3 Å². The summed E-state index contributed by atoms with van der Waals surface area (Å²) in [5, 5.41) is 0. The number of hydrogen-bond acceptors (Lipinski definition) is 5. The van der Waals surface area contributed by atoms with Crippen LogP contribution in [0, 0.1) is 0 Å². The van der Waals surface area contributed by atoms with Crippen molar-refractivity contribution in [2.45, 2.75) is 38.1 Å². The molecule has 6 heteroatoms. The number of nitrogen functional groups attached to an aromatic ring is 1. The smallest absolute Gasteiger partial charge is 0.184 e. The molecule has 0 unspecified atom stereocenters. The molecule has 0 spiro atoms. The lowest BCUT2D eigenvalue weighted by atomic mass is 9.96. The highest BCUT2D eigenvalue weighted by atomic mass is 15.5. The van der Waals surface area contributed by atoms with Crippen LogP contribution >= 0.6 is 0 Å². The molecule has 3 rings (SSSR count). The Bertz CT molecular complexity index is 514. The van der Waals surface area contributed by atoms with Gasteiger partial charge in [0.15, 0.2) is 17.0 Å². The van der Waals surface area contributed by atoms with Gasteiger partial charge in [-0.15, -0.1) is 0 Å². The van der Waals surface area contributed by atoms with Crippen LogP contribution in [0.15, 0.2) is 12.7 Å². The zero-order valence-corrected chi connectivity index (χ0v) is 9.63. The predicted octanol–water partition coefficient (Wildman–Crippen LogP) is 1.28. The molecule has 0 saturated heterocycles. The van der Waals surface area contributed by atoms with Crippen molar-refractivity contribution in [2.75, 3.05) is 11.2 Å². The van der Waals surface area contributed by atoms with Crippen LogP contribution in [0.3, 0.4) is 0 Å². The minimum absolute atomic E-state index is 0.430. The van der Waals surface area contributed by atoms with Crippen LogP contribution in [0.4, 0.5) is 5.82 Å². The van der Waals surface area contributed by atoms with Crippen LogP contribution in [0.25, 0.3) is 11.2 Å². The van der Waals surface area contributed by atoms with E-state index in [9.17, 15) is 0 Å². The van der Waals surface area contributed by atoms with Gasteiger partial charge < -0.3 is 11.2 Å². The average molecular weight is 232 g/mol. The first-order chi connectivity index (χ1) is 8.34. The fraction of sp³-hybridized carbons (Fsp3) is 0.545. The largest absolute Gasteiger partial charge is 0.382 e. The van der Waals surface area contributed by atoms with Gasteiger partial charge in [-0.3, -0.25) is 0 Å². The molecular formula is C11H16N6. The zero-order valence-electron chi connectivity index (χ0n) is 9.63. The topological polar surface area (TPSA) is 81.7 Å². The maximum absolute atomic E-state index is 5.75. The van der Waals surface area contributed by atoms with E-state index in [1.807, 2.05) is 4.68 Å². The van der Waals surface area contributed by atoms with Crippen molar-refractivity contribution in [3.8, 4) is 0 Å². The third-order valence-corrected chi connectivity index (χ3v) is 3.29. The summed E-state index contributed by atoms with van der Waals surface area (Å²) in [5.41, 5.74) is 10.6. The normalized spacial score (nSPS) is 17.4. The Kier molecular flexibility index (Phi) is 2.55. The highest BCUT2D eigenvalue weighted by Gasteiger charge is 2.15. The molecule has 0 radical (unpaired) electrons. The van der Waals surface area contributed by atoms with Gasteiger partial charge in [-0.2, -0.15) is 0 Å². The number of rotatable bonds is 2. The molecule has 3 N–H and O–H groups in total. The number of fused-ring (bicyclic) bond motifs is 1. The molecule has 0 atom stereocenters. The average Bonchev–Trinajstić information content (AvgIpc) is 2.76. The number of nitrogens with one attached hydrogen (secondary N) is 1. The molecule has 90 valence electrons. The van der Waals surface area contributed by atoms with Crippen molar-refractivity contribution < 1.29 is 0 Å². The third kappa shape index (κ3) is 1.90. The zero-order chi connectivity index (χ0) is 11.7. The first-order valence-electron chi connectivity index (χ1n) is 6.04. The first-order valence-corrected chi connectivity index (χ1v) is 6.04. The van der Waals surface area contributed by atoms with Gasteiger partial charge in [-0.25, -0.2) is 19.6 Å². The van der Waals surface area contributed by atoms with E-state index < -0.39 is 0 Å². The van der Waals surface area contributed by atoms with Gasteiger partial charge in [0, 0.05) is 6.04 Å². The molecule has 0 aromatic carbocycles. The van der Waals surface area contributed by atoms with E-state index in [1.54, 1.807) is 6.33 Å². The van der Waals surface area contributed by atoms with E-state index in [4.69, 9.17) is 5.73 Å². The second-order valence-corrected chi connectivity index (χ2v) is 4.51. The molecule has 0 bridgehead atoms. The lowest BCUT2D eigenvalue weighted by Gasteiger charge is -2.23. The van der Waals surface area contributed by atoms with Gasteiger partial charge >= 0.3 is 0 Å². The standard InChI is InChI=1S/C11H16N6/c12-10-9-11(14-6-13-10)17(7-15-9)16-8-4-2-1-3-5-8/h6-8,16H,1-5H2,(H2,12,13,14).